The highest BCUT2D eigenvalue weighted by atomic mass is 16.2. The van der Waals surface area contributed by atoms with Crippen LogP contribution in [-0.2, 0) is 13.1 Å². The fourth-order valence-electron chi connectivity index (χ4n) is 3.48. The highest BCUT2D eigenvalue weighted by Gasteiger charge is 2.15. The average molecular weight is 374 g/mol. The highest BCUT2D eigenvalue weighted by Crippen LogP contribution is 2.18. The molecule has 0 bridgehead atoms. The zero-order valence-electron chi connectivity index (χ0n) is 15.9. The number of aromatic nitrogens is 3. The van der Waals surface area contributed by atoms with Gasteiger partial charge in [-0.2, -0.15) is 0 Å². The Kier molecular flexibility index (Phi) is 4.69. The molecule has 0 atom stereocenters. The molecule has 142 valence electrons. The molecule has 0 unspecified atom stereocenters. The van der Waals surface area contributed by atoms with E-state index in [9.17, 15) is 9.59 Å². The van der Waals surface area contributed by atoms with E-state index in [-0.39, 0.29) is 11.5 Å². The highest BCUT2D eigenvalue weighted by molar-refractivity contribution is 6.05. The minimum absolute atomic E-state index is 0.287. The molecule has 0 saturated heterocycles. The molecule has 0 fully saturated rings. The Bertz CT molecular complexity index is 1220. The summed E-state index contributed by atoms with van der Waals surface area (Å²) in [6.45, 7) is 5.42. The van der Waals surface area contributed by atoms with Gasteiger partial charge in [-0.1, -0.05) is 44.2 Å². The zero-order valence-corrected chi connectivity index (χ0v) is 15.9. The Hall–Kier alpha value is -3.41. The van der Waals surface area contributed by atoms with Crippen LogP contribution < -0.4 is 10.9 Å². The molecule has 0 radical (unpaired) electrons. The standard InChI is InChI=1S/C22H22N4O2/c1-14(2)13-26-19-10-6-5-9-18(19)24-20(26)12-23-22(28)16-11-21(27)25-17-8-4-3-7-15(16)17/h3-11,14H,12-13H2,1-2H3,(H,23,28)(H,25,27). The number of fused-ring (bicyclic) bond motifs is 2. The van der Waals surface area contributed by atoms with Gasteiger partial charge in [0.15, 0.2) is 0 Å². The van der Waals surface area contributed by atoms with Crippen molar-refractivity contribution in [2.24, 2.45) is 5.92 Å². The van der Waals surface area contributed by atoms with Crippen LogP contribution in [0.5, 0.6) is 0 Å². The van der Waals surface area contributed by atoms with E-state index in [4.69, 9.17) is 4.98 Å². The van der Waals surface area contributed by atoms with Gasteiger partial charge in [-0.3, -0.25) is 9.59 Å². The van der Waals surface area contributed by atoms with E-state index in [1.165, 1.54) is 6.07 Å². The summed E-state index contributed by atoms with van der Waals surface area (Å²) in [4.78, 5) is 32.2. The molecule has 0 aliphatic rings. The third-order valence-electron chi connectivity index (χ3n) is 4.68. The number of pyridine rings is 1. The van der Waals surface area contributed by atoms with Crippen molar-refractivity contribution < 1.29 is 4.79 Å². The van der Waals surface area contributed by atoms with Crippen LogP contribution in [0.4, 0.5) is 0 Å². The van der Waals surface area contributed by atoms with Gasteiger partial charge < -0.3 is 14.9 Å². The molecule has 0 saturated carbocycles. The first kappa shape index (κ1) is 18.0. The van der Waals surface area contributed by atoms with Gasteiger partial charge >= 0.3 is 0 Å². The predicted octanol–water partition coefficient (Wildman–Crippen LogP) is 3.46. The Labute approximate surface area is 162 Å². The molecule has 2 heterocycles. The summed E-state index contributed by atoms with van der Waals surface area (Å²) in [7, 11) is 0. The molecule has 0 spiro atoms. The number of aromatic amines is 1. The molecule has 4 aromatic rings. The van der Waals surface area contributed by atoms with Crippen LogP contribution in [0, 0.1) is 5.92 Å². The fraction of sp³-hybridized carbons (Fsp3) is 0.227. The van der Waals surface area contributed by atoms with Gasteiger partial charge in [-0.15, -0.1) is 0 Å². The summed E-state index contributed by atoms with van der Waals surface area (Å²) in [6, 6.07) is 16.6. The lowest BCUT2D eigenvalue weighted by Crippen LogP contribution is -2.26. The van der Waals surface area contributed by atoms with E-state index in [2.05, 4.69) is 28.7 Å². The molecule has 2 aromatic carbocycles. The molecule has 0 aliphatic carbocycles. The van der Waals surface area contributed by atoms with E-state index in [0.29, 0.717) is 23.5 Å². The van der Waals surface area contributed by atoms with Crippen molar-refractivity contribution in [2.45, 2.75) is 26.9 Å². The van der Waals surface area contributed by atoms with Gasteiger partial charge in [-0.25, -0.2) is 4.98 Å². The monoisotopic (exact) mass is 374 g/mol. The summed E-state index contributed by atoms with van der Waals surface area (Å²) < 4.78 is 2.15. The van der Waals surface area contributed by atoms with Crippen LogP contribution >= 0.6 is 0 Å². The fourth-order valence-corrected chi connectivity index (χ4v) is 3.48. The number of carbonyl (C=O) groups is 1. The van der Waals surface area contributed by atoms with E-state index >= 15 is 0 Å². The van der Waals surface area contributed by atoms with Gasteiger partial charge in [0.2, 0.25) is 5.56 Å². The molecular formula is C22H22N4O2. The van der Waals surface area contributed by atoms with Gasteiger partial charge in [0.05, 0.1) is 23.1 Å². The summed E-state index contributed by atoms with van der Waals surface area (Å²) in [6.07, 6.45) is 0. The lowest BCUT2D eigenvalue weighted by atomic mass is 10.1. The molecule has 6 heteroatoms. The first-order valence-electron chi connectivity index (χ1n) is 9.37. The summed E-state index contributed by atoms with van der Waals surface area (Å²) in [5.74, 6) is 0.964. The number of amides is 1. The van der Waals surface area contributed by atoms with E-state index in [1.807, 2.05) is 42.5 Å². The first-order chi connectivity index (χ1) is 13.5. The Morgan fingerprint density at radius 3 is 2.71 bits per heavy atom. The SMILES string of the molecule is CC(C)Cn1c(CNC(=O)c2cc(=O)[nH]c3ccccc23)nc2ccccc21. The van der Waals surface area contributed by atoms with Crippen LogP contribution in [0.3, 0.4) is 0 Å². The van der Waals surface area contributed by atoms with Crippen LogP contribution in [-0.4, -0.2) is 20.4 Å². The largest absolute Gasteiger partial charge is 0.345 e. The quantitative estimate of drug-likeness (QED) is 0.561. The number of hydrogen-bond acceptors (Lipinski definition) is 3. The van der Waals surface area contributed by atoms with Crippen LogP contribution in [0.15, 0.2) is 59.4 Å². The van der Waals surface area contributed by atoms with Crippen molar-refractivity contribution in [1.82, 2.24) is 19.9 Å². The van der Waals surface area contributed by atoms with Crippen molar-refractivity contribution in [3.8, 4) is 0 Å². The number of H-pyrrole nitrogens is 1. The minimum Gasteiger partial charge on any atom is -0.345 e. The van der Waals surface area contributed by atoms with E-state index in [1.54, 1.807) is 6.07 Å². The molecular weight excluding hydrogens is 352 g/mol. The Balaban J connectivity index is 1.65. The summed E-state index contributed by atoms with van der Waals surface area (Å²) in [5.41, 5.74) is 2.69. The van der Waals surface area contributed by atoms with E-state index < -0.39 is 0 Å². The van der Waals surface area contributed by atoms with Crippen LogP contribution in [0.1, 0.15) is 30.0 Å². The van der Waals surface area contributed by atoms with Crippen molar-refractivity contribution in [3.05, 3.63) is 76.3 Å². The van der Waals surface area contributed by atoms with Crippen LogP contribution in [0.2, 0.25) is 0 Å². The number of benzene rings is 2. The molecule has 28 heavy (non-hydrogen) atoms. The van der Waals surface area contributed by atoms with Gasteiger partial charge in [0, 0.05) is 23.5 Å². The molecule has 2 aromatic heterocycles. The zero-order chi connectivity index (χ0) is 19.7. The second-order valence-electron chi connectivity index (χ2n) is 7.30. The normalized spacial score (nSPS) is 11.4. The molecule has 0 aliphatic heterocycles. The van der Waals surface area contributed by atoms with Crippen LogP contribution in [0.25, 0.3) is 21.9 Å². The summed E-state index contributed by atoms with van der Waals surface area (Å²) in [5, 5.41) is 3.65. The molecule has 2 N–H and O–H groups in total. The van der Waals surface area contributed by atoms with Crippen molar-refractivity contribution >= 4 is 27.8 Å². The second kappa shape index (κ2) is 7.31. The number of nitrogens with zero attached hydrogens (tertiary/aromatic N) is 2. The maximum Gasteiger partial charge on any atom is 0.252 e. The van der Waals surface area contributed by atoms with E-state index in [0.717, 1.165) is 28.8 Å². The number of para-hydroxylation sites is 3. The smallest absolute Gasteiger partial charge is 0.252 e. The lowest BCUT2D eigenvalue weighted by Gasteiger charge is -2.13. The topological polar surface area (TPSA) is 79.8 Å². The second-order valence-corrected chi connectivity index (χ2v) is 7.30. The average Bonchev–Trinajstić information content (AvgIpc) is 3.02. The maximum atomic E-state index is 12.8. The molecule has 1 amide bonds. The molecule has 6 nitrogen and oxygen atoms in total. The number of rotatable bonds is 5. The lowest BCUT2D eigenvalue weighted by molar-refractivity contribution is 0.0951. The molecule has 4 rings (SSSR count). The number of imidazole rings is 1. The van der Waals surface area contributed by atoms with Gasteiger partial charge in [0.25, 0.3) is 5.91 Å². The van der Waals surface area contributed by atoms with Gasteiger partial charge in [0.1, 0.15) is 5.82 Å². The number of carbonyl (C=O) groups excluding carboxylic acids is 1. The van der Waals surface area contributed by atoms with Crippen molar-refractivity contribution in [3.63, 3.8) is 0 Å². The van der Waals surface area contributed by atoms with Crippen molar-refractivity contribution in [2.75, 3.05) is 0 Å². The van der Waals surface area contributed by atoms with Gasteiger partial charge in [-0.05, 0) is 24.1 Å². The summed E-state index contributed by atoms with van der Waals surface area (Å²) >= 11 is 0. The number of nitrogens with one attached hydrogen (secondary N) is 2. The predicted molar refractivity (Wildman–Crippen MR) is 110 cm³/mol. The minimum atomic E-state index is -0.295. The third kappa shape index (κ3) is 3.41. The van der Waals surface area contributed by atoms with Crippen molar-refractivity contribution in [1.29, 1.82) is 0 Å². The Morgan fingerprint density at radius 2 is 1.89 bits per heavy atom. The maximum absolute atomic E-state index is 12.8. The first-order valence-corrected chi connectivity index (χ1v) is 9.37. The third-order valence-corrected chi connectivity index (χ3v) is 4.68. The Morgan fingerprint density at radius 1 is 1.14 bits per heavy atom. The number of hydrogen-bond donors (Lipinski definition) is 2.